The lowest BCUT2D eigenvalue weighted by molar-refractivity contribution is -0.121. The number of ether oxygens (including phenoxy) is 1. The number of amides is 1. The fraction of sp³-hybridized carbons (Fsp3) is 0.130. The molecule has 0 saturated carbocycles. The van der Waals surface area contributed by atoms with E-state index in [1.165, 1.54) is 0 Å². The Morgan fingerprint density at radius 3 is 2.48 bits per heavy atom. The molecule has 6 heteroatoms. The Kier molecular flexibility index (Phi) is 7.41. The number of anilines is 1. The number of para-hydroxylation sites is 1. The first-order valence-corrected chi connectivity index (χ1v) is 10.1. The molecule has 3 aromatic rings. The van der Waals surface area contributed by atoms with Crippen LogP contribution in [0.2, 0.25) is 0 Å². The molecule has 0 bridgehead atoms. The van der Waals surface area contributed by atoms with Crippen LogP contribution in [-0.2, 0) is 4.79 Å². The lowest BCUT2D eigenvalue weighted by Gasteiger charge is -2.16. The summed E-state index contributed by atoms with van der Waals surface area (Å²) in [5, 5.41) is 7.30. The van der Waals surface area contributed by atoms with Gasteiger partial charge in [-0.05, 0) is 60.5 Å². The molecular formula is C23H22BrN3O2. The summed E-state index contributed by atoms with van der Waals surface area (Å²) in [5.41, 5.74) is 4.31. The lowest BCUT2D eigenvalue weighted by atomic mass is 10.2. The molecule has 1 atom stereocenters. The van der Waals surface area contributed by atoms with Gasteiger partial charge >= 0.3 is 0 Å². The molecule has 0 radical (unpaired) electrons. The molecule has 0 saturated heterocycles. The van der Waals surface area contributed by atoms with Crippen molar-refractivity contribution in [1.29, 1.82) is 0 Å². The Morgan fingerprint density at radius 1 is 1.03 bits per heavy atom. The van der Waals surface area contributed by atoms with E-state index in [4.69, 9.17) is 4.74 Å². The minimum atomic E-state index is -0.374. The minimum absolute atomic E-state index is 0.191. The molecule has 29 heavy (non-hydrogen) atoms. The first-order chi connectivity index (χ1) is 14.1. The van der Waals surface area contributed by atoms with Gasteiger partial charge in [0.25, 0.3) is 5.91 Å². The molecule has 5 nitrogen and oxygen atoms in total. The van der Waals surface area contributed by atoms with Crippen LogP contribution in [0.15, 0.2) is 88.4 Å². The molecule has 0 aliphatic heterocycles. The fourth-order valence-corrected chi connectivity index (χ4v) is 2.90. The quantitative estimate of drug-likeness (QED) is 0.346. The van der Waals surface area contributed by atoms with Gasteiger partial charge in [-0.25, -0.2) is 5.43 Å². The van der Waals surface area contributed by atoms with Gasteiger partial charge in [0.1, 0.15) is 17.5 Å². The average molecular weight is 452 g/mol. The van der Waals surface area contributed by atoms with Gasteiger partial charge in [0.2, 0.25) is 0 Å². The number of benzene rings is 3. The van der Waals surface area contributed by atoms with Gasteiger partial charge in [-0.15, -0.1) is 0 Å². The van der Waals surface area contributed by atoms with Crippen molar-refractivity contribution in [1.82, 2.24) is 5.43 Å². The zero-order valence-corrected chi connectivity index (χ0v) is 17.6. The molecule has 0 aromatic heterocycles. The molecule has 1 amide bonds. The molecule has 1 unspecified atom stereocenters. The standard InChI is InChI=1S/C23H22BrN3O2/c1-2-22(26-19-13-11-18(24)12-14-19)23(28)27-25-16-17-7-6-10-21(15-17)29-20-8-4-3-5-9-20/h3-16,22,26H,2H2,1H3,(H,27,28). The highest BCUT2D eigenvalue weighted by atomic mass is 79.9. The Bertz CT molecular complexity index is 959. The van der Waals surface area contributed by atoms with Crippen LogP contribution in [0, 0.1) is 0 Å². The van der Waals surface area contributed by atoms with E-state index in [1.807, 2.05) is 85.8 Å². The second kappa shape index (κ2) is 10.4. The highest BCUT2D eigenvalue weighted by molar-refractivity contribution is 9.10. The predicted octanol–water partition coefficient (Wildman–Crippen LogP) is 5.58. The van der Waals surface area contributed by atoms with Crippen LogP contribution in [0.3, 0.4) is 0 Å². The summed E-state index contributed by atoms with van der Waals surface area (Å²) in [6.45, 7) is 1.95. The lowest BCUT2D eigenvalue weighted by Crippen LogP contribution is -2.36. The molecule has 0 heterocycles. The van der Waals surface area contributed by atoms with E-state index in [0.717, 1.165) is 21.5 Å². The smallest absolute Gasteiger partial charge is 0.262 e. The Labute approximate surface area is 178 Å². The van der Waals surface area contributed by atoms with Crippen LogP contribution in [0.4, 0.5) is 5.69 Å². The van der Waals surface area contributed by atoms with Crippen molar-refractivity contribution in [2.24, 2.45) is 5.10 Å². The summed E-state index contributed by atoms with van der Waals surface area (Å²) >= 11 is 3.40. The van der Waals surface area contributed by atoms with Gasteiger partial charge in [-0.2, -0.15) is 5.10 Å². The maximum Gasteiger partial charge on any atom is 0.262 e. The second-order valence-corrected chi connectivity index (χ2v) is 7.25. The summed E-state index contributed by atoms with van der Waals surface area (Å²) in [4.78, 5) is 12.4. The number of rotatable bonds is 8. The van der Waals surface area contributed by atoms with Crippen LogP contribution < -0.4 is 15.5 Å². The number of hydrogen-bond donors (Lipinski definition) is 2. The number of carbonyl (C=O) groups excluding carboxylic acids is 1. The molecule has 2 N–H and O–H groups in total. The van der Waals surface area contributed by atoms with Crippen molar-refractivity contribution in [2.75, 3.05) is 5.32 Å². The number of carbonyl (C=O) groups is 1. The van der Waals surface area contributed by atoms with Crippen molar-refractivity contribution < 1.29 is 9.53 Å². The predicted molar refractivity (Wildman–Crippen MR) is 121 cm³/mol. The van der Waals surface area contributed by atoms with Gasteiger partial charge in [-0.1, -0.05) is 53.2 Å². The third-order valence-electron chi connectivity index (χ3n) is 4.14. The molecule has 148 valence electrons. The van der Waals surface area contributed by atoms with Gasteiger partial charge in [0.15, 0.2) is 0 Å². The maximum atomic E-state index is 12.4. The molecule has 3 aromatic carbocycles. The highest BCUT2D eigenvalue weighted by Gasteiger charge is 2.15. The van der Waals surface area contributed by atoms with Crippen LogP contribution in [0.25, 0.3) is 0 Å². The largest absolute Gasteiger partial charge is 0.457 e. The zero-order valence-electron chi connectivity index (χ0n) is 16.0. The van der Waals surface area contributed by atoms with Crippen molar-refractivity contribution >= 4 is 33.7 Å². The van der Waals surface area contributed by atoms with Gasteiger partial charge < -0.3 is 10.1 Å². The number of nitrogens with one attached hydrogen (secondary N) is 2. The molecule has 0 fully saturated rings. The van der Waals surface area contributed by atoms with Gasteiger partial charge in [-0.3, -0.25) is 4.79 Å². The number of hydrogen-bond acceptors (Lipinski definition) is 4. The van der Waals surface area contributed by atoms with Crippen molar-refractivity contribution in [2.45, 2.75) is 19.4 Å². The average Bonchev–Trinajstić information content (AvgIpc) is 2.74. The highest BCUT2D eigenvalue weighted by Crippen LogP contribution is 2.21. The normalized spacial score (nSPS) is 11.8. The number of nitrogens with zero attached hydrogens (tertiary/aromatic N) is 1. The zero-order chi connectivity index (χ0) is 20.5. The van der Waals surface area contributed by atoms with E-state index in [1.54, 1.807) is 6.21 Å². The molecule has 0 aliphatic carbocycles. The Hall–Kier alpha value is -3.12. The molecule has 3 rings (SSSR count). The number of halogens is 1. The topological polar surface area (TPSA) is 62.7 Å². The molecular weight excluding hydrogens is 430 g/mol. The monoisotopic (exact) mass is 451 g/mol. The number of hydrazone groups is 1. The van der Waals surface area contributed by atoms with E-state index in [9.17, 15) is 4.79 Å². The molecule has 0 spiro atoms. The minimum Gasteiger partial charge on any atom is -0.457 e. The second-order valence-electron chi connectivity index (χ2n) is 6.33. The summed E-state index contributed by atoms with van der Waals surface area (Å²) in [6, 6.07) is 24.4. The Morgan fingerprint density at radius 2 is 1.76 bits per heavy atom. The van der Waals surface area contributed by atoms with Gasteiger partial charge in [0.05, 0.1) is 6.21 Å². The first-order valence-electron chi connectivity index (χ1n) is 9.32. The van der Waals surface area contributed by atoms with E-state index < -0.39 is 0 Å². The first kappa shape index (κ1) is 20.6. The fourth-order valence-electron chi connectivity index (χ4n) is 2.63. The Balaban J connectivity index is 1.57. The summed E-state index contributed by atoms with van der Waals surface area (Å²) in [7, 11) is 0. The SMILES string of the molecule is CCC(Nc1ccc(Br)cc1)C(=O)NN=Cc1cccc(Oc2ccccc2)c1. The van der Waals surface area contributed by atoms with Crippen LogP contribution in [0.1, 0.15) is 18.9 Å². The third-order valence-corrected chi connectivity index (χ3v) is 4.66. The van der Waals surface area contributed by atoms with E-state index >= 15 is 0 Å². The maximum absolute atomic E-state index is 12.4. The van der Waals surface area contributed by atoms with Crippen LogP contribution >= 0.6 is 15.9 Å². The van der Waals surface area contributed by atoms with Crippen molar-refractivity contribution in [3.63, 3.8) is 0 Å². The summed E-state index contributed by atoms with van der Waals surface area (Å²) in [5.74, 6) is 1.28. The van der Waals surface area contributed by atoms with Crippen LogP contribution in [-0.4, -0.2) is 18.2 Å². The van der Waals surface area contributed by atoms with E-state index in [2.05, 4.69) is 31.8 Å². The van der Waals surface area contributed by atoms with Crippen LogP contribution in [0.5, 0.6) is 11.5 Å². The third kappa shape index (κ3) is 6.47. The van der Waals surface area contributed by atoms with E-state index in [0.29, 0.717) is 12.2 Å². The summed E-state index contributed by atoms with van der Waals surface area (Å²) in [6.07, 6.45) is 2.24. The summed E-state index contributed by atoms with van der Waals surface area (Å²) < 4.78 is 6.80. The van der Waals surface area contributed by atoms with Crippen molar-refractivity contribution in [3.05, 3.63) is 88.9 Å². The molecule has 0 aliphatic rings. The van der Waals surface area contributed by atoms with Gasteiger partial charge in [0, 0.05) is 10.2 Å². The van der Waals surface area contributed by atoms with Crippen molar-refractivity contribution in [3.8, 4) is 11.5 Å². The van der Waals surface area contributed by atoms with E-state index in [-0.39, 0.29) is 11.9 Å².